The standard InChI is InChI=1S/C34H25Cl2F3N2O2/c35-25-7-3-5-22(17-25)32(42)31-28(15-16-41(31)33(43)23-6-4-8-26(36)18-23)29-20-40(30-10-2-1-9-27(29)30)19-21-11-13-24(14-12-21)34(37,38)39/h1-14,17-18,20,28,31H,15-16,19H2. The number of halogens is 5. The highest BCUT2D eigenvalue weighted by molar-refractivity contribution is 6.31. The van der Waals surface area contributed by atoms with Crippen molar-refractivity contribution in [3.8, 4) is 0 Å². The summed E-state index contributed by atoms with van der Waals surface area (Å²) < 4.78 is 41.3. The predicted octanol–water partition coefficient (Wildman–Crippen LogP) is 8.90. The van der Waals surface area contributed by atoms with E-state index in [2.05, 4.69) is 0 Å². The summed E-state index contributed by atoms with van der Waals surface area (Å²) in [6.45, 7) is 0.689. The number of rotatable bonds is 6. The van der Waals surface area contributed by atoms with Gasteiger partial charge < -0.3 is 9.47 Å². The number of hydrogen-bond acceptors (Lipinski definition) is 2. The molecule has 0 radical (unpaired) electrons. The zero-order chi connectivity index (χ0) is 30.3. The molecule has 0 aliphatic carbocycles. The Hall–Kier alpha value is -4.07. The first-order chi connectivity index (χ1) is 20.6. The number of carbonyl (C=O) groups excluding carboxylic acids is 2. The predicted molar refractivity (Wildman–Crippen MR) is 162 cm³/mol. The molecule has 0 bridgehead atoms. The maximum atomic E-state index is 14.2. The van der Waals surface area contributed by atoms with Gasteiger partial charge in [0, 0.05) is 57.3 Å². The van der Waals surface area contributed by atoms with E-state index in [-0.39, 0.29) is 17.6 Å². The average Bonchev–Trinajstić information content (AvgIpc) is 3.58. The Kier molecular flexibility index (Phi) is 7.79. The molecule has 4 aromatic carbocycles. The van der Waals surface area contributed by atoms with Gasteiger partial charge in [0.1, 0.15) is 6.04 Å². The van der Waals surface area contributed by atoms with Crippen LogP contribution >= 0.6 is 23.2 Å². The molecule has 0 N–H and O–H groups in total. The van der Waals surface area contributed by atoms with Crippen molar-refractivity contribution in [3.05, 3.63) is 141 Å². The second-order valence-electron chi connectivity index (χ2n) is 10.6. The molecule has 0 saturated carbocycles. The monoisotopic (exact) mass is 620 g/mol. The average molecular weight is 621 g/mol. The lowest BCUT2D eigenvalue weighted by molar-refractivity contribution is -0.137. The summed E-state index contributed by atoms with van der Waals surface area (Å²) in [5.41, 5.74) is 2.57. The Morgan fingerprint density at radius 2 is 1.47 bits per heavy atom. The maximum absolute atomic E-state index is 14.2. The zero-order valence-corrected chi connectivity index (χ0v) is 24.2. The Labute approximate surface area is 256 Å². The van der Waals surface area contributed by atoms with E-state index in [0.717, 1.165) is 28.6 Å². The van der Waals surface area contributed by atoms with E-state index in [1.807, 2.05) is 35.0 Å². The van der Waals surface area contributed by atoms with Crippen molar-refractivity contribution in [2.75, 3.05) is 6.54 Å². The first-order valence-corrected chi connectivity index (χ1v) is 14.5. The molecule has 1 saturated heterocycles. The van der Waals surface area contributed by atoms with E-state index in [9.17, 15) is 22.8 Å². The number of aromatic nitrogens is 1. The minimum atomic E-state index is -4.41. The van der Waals surface area contributed by atoms with Crippen molar-refractivity contribution in [3.63, 3.8) is 0 Å². The Bertz CT molecular complexity index is 1830. The molecule has 0 spiro atoms. The van der Waals surface area contributed by atoms with Gasteiger partial charge in [-0.05, 0) is 66.1 Å². The van der Waals surface area contributed by atoms with Crippen LogP contribution in [0.1, 0.15) is 49.7 Å². The fourth-order valence-corrected chi connectivity index (χ4v) is 6.35. The summed E-state index contributed by atoms with van der Waals surface area (Å²) >= 11 is 12.4. The normalized spacial score (nSPS) is 17.0. The Morgan fingerprint density at radius 3 is 2.14 bits per heavy atom. The van der Waals surface area contributed by atoms with Crippen LogP contribution in [-0.2, 0) is 12.7 Å². The second kappa shape index (κ2) is 11.5. The van der Waals surface area contributed by atoms with Crippen LogP contribution in [0, 0.1) is 0 Å². The number of nitrogens with zero attached hydrogens (tertiary/aromatic N) is 2. The van der Waals surface area contributed by atoms with Gasteiger partial charge in [-0.3, -0.25) is 9.59 Å². The van der Waals surface area contributed by atoms with E-state index in [1.54, 1.807) is 53.4 Å². The highest BCUT2D eigenvalue weighted by Gasteiger charge is 2.44. The third-order valence-electron chi connectivity index (χ3n) is 7.96. The first-order valence-electron chi connectivity index (χ1n) is 13.7. The van der Waals surface area contributed by atoms with E-state index < -0.39 is 17.8 Å². The van der Waals surface area contributed by atoms with E-state index in [1.165, 1.54) is 12.1 Å². The number of likely N-dealkylation sites (tertiary alicyclic amines) is 1. The number of amides is 1. The van der Waals surface area contributed by atoms with E-state index >= 15 is 0 Å². The molecule has 2 heterocycles. The topological polar surface area (TPSA) is 42.3 Å². The molecular formula is C34H25Cl2F3N2O2. The largest absolute Gasteiger partial charge is 0.416 e. The second-order valence-corrected chi connectivity index (χ2v) is 11.5. The zero-order valence-electron chi connectivity index (χ0n) is 22.7. The molecular weight excluding hydrogens is 596 g/mol. The van der Waals surface area contributed by atoms with Crippen LogP contribution in [0.2, 0.25) is 10.0 Å². The lowest BCUT2D eigenvalue weighted by atomic mass is 9.87. The molecule has 1 aromatic heterocycles. The van der Waals surface area contributed by atoms with Gasteiger partial charge in [0.05, 0.1) is 5.56 Å². The van der Waals surface area contributed by atoms with Gasteiger partial charge in [-0.2, -0.15) is 13.2 Å². The van der Waals surface area contributed by atoms with Crippen molar-refractivity contribution in [2.45, 2.75) is 31.1 Å². The molecule has 2 unspecified atom stereocenters. The van der Waals surface area contributed by atoms with Gasteiger partial charge in [-0.1, -0.05) is 71.7 Å². The molecule has 1 fully saturated rings. The van der Waals surface area contributed by atoms with Crippen LogP contribution in [0.4, 0.5) is 13.2 Å². The molecule has 218 valence electrons. The Balaban J connectivity index is 1.41. The van der Waals surface area contributed by atoms with Crippen LogP contribution in [-0.4, -0.2) is 33.7 Å². The summed E-state index contributed by atoms with van der Waals surface area (Å²) in [5.74, 6) is -0.854. The number of Topliss-reactive ketones (excluding diaryl/α,β-unsaturated/α-hetero) is 1. The highest BCUT2D eigenvalue weighted by atomic mass is 35.5. The quantitative estimate of drug-likeness (QED) is 0.178. The number of benzene rings is 4. The van der Waals surface area contributed by atoms with Crippen molar-refractivity contribution in [2.24, 2.45) is 0 Å². The van der Waals surface area contributed by atoms with Crippen LogP contribution in [0.5, 0.6) is 0 Å². The van der Waals surface area contributed by atoms with Gasteiger partial charge in [-0.25, -0.2) is 0 Å². The van der Waals surface area contributed by atoms with Crippen molar-refractivity contribution < 1.29 is 22.8 Å². The number of ketones is 1. The molecule has 2 atom stereocenters. The number of fused-ring (bicyclic) bond motifs is 1. The maximum Gasteiger partial charge on any atom is 0.416 e. The molecule has 1 aliphatic rings. The summed E-state index contributed by atoms with van der Waals surface area (Å²) in [6.07, 6.45) is -1.91. The minimum Gasteiger partial charge on any atom is -0.343 e. The van der Waals surface area contributed by atoms with Crippen LogP contribution in [0.15, 0.2) is 103 Å². The number of hydrogen-bond donors (Lipinski definition) is 0. The third-order valence-corrected chi connectivity index (χ3v) is 8.43. The van der Waals surface area contributed by atoms with Crippen LogP contribution < -0.4 is 0 Å². The summed E-state index contributed by atoms with van der Waals surface area (Å²) in [4.78, 5) is 29.6. The number of alkyl halides is 3. The van der Waals surface area contributed by atoms with Crippen molar-refractivity contribution >= 4 is 45.8 Å². The summed E-state index contributed by atoms with van der Waals surface area (Å²) in [5, 5.41) is 1.76. The first kappa shape index (κ1) is 29.0. The number of carbonyl (C=O) groups is 2. The molecule has 43 heavy (non-hydrogen) atoms. The molecule has 1 amide bonds. The van der Waals surface area contributed by atoms with Crippen molar-refractivity contribution in [1.29, 1.82) is 0 Å². The lowest BCUT2D eigenvalue weighted by Crippen LogP contribution is -2.42. The Morgan fingerprint density at radius 1 is 0.814 bits per heavy atom. The van der Waals surface area contributed by atoms with Crippen LogP contribution in [0.25, 0.3) is 10.9 Å². The van der Waals surface area contributed by atoms with Gasteiger partial charge in [0.2, 0.25) is 0 Å². The fraction of sp³-hybridized carbons (Fsp3) is 0.176. The van der Waals surface area contributed by atoms with Crippen molar-refractivity contribution in [1.82, 2.24) is 9.47 Å². The van der Waals surface area contributed by atoms with Gasteiger partial charge in [0.25, 0.3) is 5.91 Å². The van der Waals surface area contributed by atoms with E-state index in [0.29, 0.717) is 46.2 Å². The minimum absolute atomic E-state index is 0.222. The number of para-hydroxylation sites is 1. The van der Waals surface area contributed by atoms with Crippen LogP contribution in [0.3, 0.4) is 0 Å². The molecule has 9 heteroatoms. The van der Waals surface area contributed by atoms with Gasteiger partial charge >= 0.3 is 6.18 Å². The smallest absolute Gasteiger partial charge is 0.343 e. The molecule has 4 nitrogen and oxygen atoms in total. The molecule has 5 aromatic rings. The summed E-state index contributed by atoms with van der Waals surface area (Å²) in [7, 11) is 0. The lowest BCUT2D eigenvalue weighted by Gasteiger charge is -2.27. The SMILES string of the molecule is O=C(c1cccc(Cl)c1)C1C(c2cn(Cc3ccc(C(F)(F)F)cc3)c3ccccc23)CCN1C(=O)c1cccc(Cl)c1. The fourth-order valence-electron chi connectivity index (χ4n) is 5.97. The highest BCUT2D eigenvalue weighted by Crippen LogP contribution is 2.41. The van der Waals surface area contributed by atoms with Gasteiger partial charge in [0.15, 0.2) is 5.78 Å². The third kappa shape index (κ3) is 5.79. The summed E-state index contributed by atoms with van der Waals surface area (Å²) in [6, 6.07) is 25.4. The van der Waals surface area contributed by atoms with E-state index in [4.69, 9.17) is 23.2 Å². The molecule has 1 aliphatic heterocycles. The van der Waals surface area contributed by atoms with Gasteiger partial charge in [-0.15, -0.1) is 0 Å². The molecule has 6 rings (SSSR count).